The van der Waals surface area contributed by atoms with Crippen LogP contribution in [-0.2, 0) is 0 Å². The summed E-state index contributed by atoms with van der Waals surface area (Å²) in [6, 6.07) is 0. The molecule has 1 aliphatic carbocycles. The van der Waals surface area contributed by atoms with Gasteiger partial charge < -0.3 is 5.11 Å². The lowest BCUT2D eigenvalue weighted by molar-refractivity contribution is 0.253. The molecule has 1 nitrogen and oxygen atoms in total. The second kappa shape index (κ2) is 8.37. The highest BCUT2D eigenvalue weighted by Crippen LogP contribution is 2.44. The molecule has 17 heavy (non-hydrogen) atoms. The first-order valence-electron chi connectivity index (χ1n) is 7.05. The van der Waals surface area contributed by atoms with Crippen LogP contribution in [0.25, 0.3) is 0 Å². The topological polar surface area (TPSA) is 20.2 Å². The summed E-state index contributed by atoms with van der Waals surface area (Å²) in [6.07, 6.45) is 12.9. The molecule has 0 heterocycles. The van der Waals surface area contributed by atoms with E-state index < -0.39 is 6.10 Å². The first-order chi connectivity index (χ1) is 8.24. The minimum absolute atomic E-state index is 0.464. The smallest absolute Gasteiger partial charge is 0.111 e. The quantitative estimate of drug-likeness (QED) is 0.402. The van der Waals surface area contributed by atoms with E-state index in [1.165, 1.54) is 38.5 Å². The molecule has 1 rings (SSSR count). The summed E-state index contributed by atoms with van der Waals surface area (Å²) < 4.78 is 0. The number of allylic oxidation sites excluding steroid dienone is 2. The van der Waals surface area contributed by atoms with Crippen molar-refractivity contribution in [3.05, 3.63) is 12.2 Å². The van der Waals surface area contributed by atoms with Gasteiger partial charge >= 0.3 is 0 Å². The minimum Gasteiger partial charge on any atom is -0.381 e. The number of rotatable bonds is 7. The highest BCUT2D eigenvalue weighted by Gasteiger charge is 2.34. The van der Waals surface area contributed by atoms with Gasteiger partial charge in [-0.3, -0.25) is 0 Å². The highest BCUT2D eigenvalue weighted by molar-refractivity contribution is 5.07. The third-order valence-corrected chi connectivity index (χ3v) is 3.34. The Morgan fingerprint density at radius 3 is 2.76 bits per heavy atom. The van der Waals surface area contributed by atoms with Crippen molar-refractivity contribution in [2.45, 2.75) is 64.9 Å². The van der Waals surface area contributed by atoms with Crippen molar-refractivity contribution >= 4 is 0 Å². The molecule has 0 saturated heterocycles. The maximum Gasteiger partial charge on any atom is 0.111 e. The van der Waals surface area contributed by atoms with Gasteiger partial charge in [0.2, 0.25) is 0 Å². The number of unbranched alkanes of at least 4 members (excludes halogenated alkanes) is 2. The Kier molecular flexibility index (Phi) is 7.05. The fourth-order valence-corrected chi connectivity index (χ4v) is 2.12. The summed E-state index contributed by atoms with van der Waals surface area (Å²) in [7, 11) is 0. The number of aliphatic hydroxyl groups is 1. The third-order valence-electron chi connectivity index (χ3n) is 3.34. The Bertz CT molecular complexity index is 280. The van der Waals surface area contributed by atoms with E-state index in [9.17, 15) is 0 Å². The predicted molar refractivity (Wildman–Crippen MR) is 73.6 cm³/mol. The number of hydrogen-bond donors (Lipinski definition) is 1. The molecule has 1 N–H and O–H groups in total. The Hall–Kier alpha value is -0.740. The Morgan fingerprint density at radius 2 is 2.06 bits per heavy atom. The van der Waals surface area contributed by atoms with Crippen LogP contribution >= 0.6 is 0 Å². The summed E-state index contributed by atoms with van der Waals surface area (Å²) in [6.45, 7) is 3.95. The lowest BCUT2D eigenvalue weighted by Crippen LogP contribution is -1.92. The molecule has 0 aromatic heterocycles. The average molecular weight is 234 g/mol. The molecule has 0 aliphatic heterocycles. The molecule has 0 aromatic carbocycles. The van der Waals surface area contributed by atoms with E-state index in [2.05, 4.69) is 30.9 Å². The second-order valence-corrected chi connectivity index (χ2v) is 5.15. The van der Waals surface area contributed by atoms with Gasteiger partial charge in [-0.1, -0.05) is 37.8 Å². The van der Waals surface area contributed by atoms with Crippen LogP contribution in [0.5, 0.6) is 0 Å². The lowest BCUT2D eigenvalue weighted by Gasteiger charge is -1.94. The van der Waals surface area contributed by atoms with Gasteiger partial charge in [-0.25, -0.2) is 0 Å². The Balaban J connectivity index is 1.98. The standard InChI is InChI=1S/C16H26O/c1-3-4-5-6-7-8-11-15-13-16(15)12-9-10-14(2)17/h6-7,14-17H,3-5,8,11-13H2,1-2H3/b7-6+. The van der Waals surface area contributed by atoms with E-state index in [4.69, 9.17) is 5.11 Å². The summed E-state index contributed by atoms with van der Waals surface area (Å²) in [5.41, 5.74) is 0. The molecule has 0 spiro atoms. The van der Waals surface area contributed by atoms with E-state index in [1.54, 1.807) is 6.92 Å². The highest BCUT2D eigenvalue weighted by atomic mass is 16.3. The summed E-state index contributed by atoms with van der Waals surface area (Å²) in [5, 5.41) is 9.01. The molecule has 1 saturated carbocycles. The Morgan fingerprint density at radius 1 is 1.29 bits per heavy atom. The monoisotopic (exact) mass is 234 g/mol. The van der Waals surface area contributed by atoms with Crippen molar-refractivity contribution in [2.24, 2.45) is 11.8 Å². The van der Waals surface area contributed by atoms with Gasteiger partial charge in [0.15, 0.2) is 0 Å². The maximum atomic E-state index is 9.01. The normalized spacial score (nSPS) is 24.4. The lowest BCUT2D eigenvalue weighted by atomic mass is 10.1. The van der Waals surface area contributed by atoms with Crippen LogP contribution in [0.3, 0.4) is 0 Å². The molecule has 96 valence electrons. The van der Waals surface area contributed by atoms with Gasteiger partial charge in [0, 0.05) is 6.42 Å². The first-order valence-corrected chi connectivity index (χ1v) is 7.05. The maximum absolute atomic E-state index is 9.01. The zero-order valence-electron chi connectivity index (χ0n) is 11.3. The van der Waals surface area contributed by atoms with Crippen LogP contribution < -0.4 is 0 Å². The molecule has 1 fully saturated rings. The Labute approximate surface area is 106 Å². The molecular weight excluding hydrogens is 208 g/mol. The van der Waals surface area contributed by atoms with E-state index in [1.807, 2.05) is 0 Å². The summed E-state index contributed by atoms with van der Waals surface area (Å²) in [5.74, 6) is 7.60. The van der Waals surface area contributed by atoms with Crippen molar-refractivity contribution in [3.8, 4) is 11.8 Å². The third kappa shape index (κ3) is 7.23. The minimum atomic E-state index is -0.464. The molecule has 0 amide bonds. The molecule has 1 heteroatoms. The zero-order valence-corrected chi connectivity index (χ0v) is 11.3. The average Bonchev–Trinajstić information content (AvgIpc) is 3.01. The van der Waals surface area contributed by atoms with Crippen molar-refractivity contribution in [2.75, 3.05) is 0 Å². The van der Waals surface area contributed by atoms with Crippen molar-refractivity contribution in [1.29, 1.82) is 0 Å². The largest absolute Gasteiger partial charge is 0.381 e. The molecule has 0 bridgehead atoms. The van der Waals surface area contributed by atoms with Gasteiger partial charge in [0.1, 0.15) is 6.10 Å². The summed E-state index contributed by atoms with van der Waals surface area (Å²) in [4.78, 5) is 0. The van der Waals surface area contributed by atoms with E-state index in [0.717, 1.165) is 18.3 Å². The molecule has 1 aliphatic rings. The van der Waals surface area contributed by atoms with Gasteiger partial charge in [-0.05, 0) is 44.4 Å². The number of aliphatic hydroxyl groups excluding tert-OH is 1. The van der Waals surface area contributed by atoms with Gasteiger partial charge in [-0.2, -0.15) is 0 Å². The van der Waals surface area contributed by atoms with Crippen LogP contribution in [0.15, 0.2) is 12.2 Å². The van der Waals surface area contributed by atoms with Gasteiger partial charge in [-0.15, -0.1) is 5.92 Å². The van der Waals surface area contributed by atoms with E-state index in [-0.39, 0.29) is 0 Å². The molecule has 0 aromatic rings. The fraction of sp³-hybridized carbons (Fsp3) is 0.750. The van der Waals surface area contributed by atoms with Crippen molar-refractivity contribution in [3.63, 3.8) is 0 Å². The molecular formula is C16H26O. The molecule has 0 radical (unpaired) electrons. The van der Waals surface area contributed by atoms with Crippen LogP contribution in [0.2, 0.25) is 0 Å². The van der Waals surface area contributed by atoms with Crippen LogP contribution in [0.4, 0.5) is 0 Å². The predicted octanol–water partition coefficient (Wildman–Crippen LogP) is 3.92. The molecule has 3 atom stereocenters. The SMILES string of the molecule is CCCC/C=C/CCC1CC1CC#CC(C)O. The molecule has 3 unspecified atom stereocenters. The van der Waals surface area contributed by atoms with Gasteiger partial charge in [0.05, 0.1) is 0 Å². The number of hydrogen-bond acceptors (Lipinski definition) is 1. The van der Waals surface area contributed by atoms with Crippen LogP contribution in [-0.4, -0.2) is 11.2 Å². The van der Waals surface area contributed by atoms with Crippen LogP contribution in [0, 0.1) is 23.7 Å². The first kappa shape index (κ1) is 14.3. The summed E-state index contributed by atoms with van der Waals surface area (Å²) >= 11 is 0. The van der Waals surface area contributed by atoms with Crippen molar-refractivity contribution in [1.82, 2.24) is 0 Å². The van der Waals surface area contributed by atoms with Crippen LogP contribution in [0.1, 0.15) is 58.8 Å². The van der Waals surface area contributed by atoms with Gasteiger partial charge in [0.25, 0.3) is 0 Å². The van der Waals surface area contributed by atoms with Crippen molar-refractivity contribution < 1.29 is 5.11 Å². The van der Waals surface area contributed by atoms with E-state index >= 15 is 0 Å². The zero-order chi connectivity index (χ0) is 12.5. The second-order valence-electron chi connectivity index (χ2n) is 5.15. The van der Waals surface area contributed by atoms with E-state index in [0.29, 0.717) is 0 Å². The fourth-order valence-electron chi connectivity index (χ4n) is 2.12.